The Morgan fingerprint density at radius 1 is 1.22 bits per heavy atom. The molecule has 3 heterocycles. The van der Waals surface area contributed by atoms with Crippen LogP contribution in [-0.2, 0) is 15.9 Å². The number of halogens is 2. The second kappa shape index (κ2) is 12.5. The molecule has 1 atom stereocenters. The van der Waals surface area contributed by atoms with Crippen molar-refractivity contribution in [2.24, 2.45) is 4.99 Å². The van der Waals surface area contributed by atoms with Crippen molar-refractivity contribution in [1.82, 2.24) is 20.0 Å². The zero-order chi connectivity index (χ0) is 21.5. The van der Waals surface area contributed by atoms with Gasteiger partial charge in [0.15, 0.2) is 5.96 Å². The van der Waals surface area contributed by atoms with Crippen LogP contribution in [0.3, 0.4) is 0 Å². The van der Waals surface area contributed by atoms with Gasteiger partial charge in [0.1, 0.15) is 5.82 Å². The minimum absolute atomic E-state index is 0. The number of nitrogens with zero attached hydrogens (tertiary/aromatic N) is 4. The summed E-state index contributed by atoms with van der Waals surface area (Å²) in [6.45, 7) is 4.23. The monoisotopic (exact) mass is 557 g/mol. The van der Waals surface area contributed by atoms with Gasteiger partial charge in [0.25, 0.3) is 0 Å². The molecule has 2 aliphatic heterocycles. The van der Waals surface area contributed by atoms with E-state index in [0.717, 1.165) is 82.3 Å². The summed E-state index contributed by atoms with van der Waals surface area (Å²) in [5, 5.41) is 8.03. The van der Waals surface area contributed by atoms with E-state index >= 15 is 0 Å². The molecule has 2 saturated heterocycles. The predicted molar refractivity (Wildman–Crippen MR) is 134 cm³/mol. The number of ether oxygens (including phenoxy) is 2. The molecule has 0 aliphatic carbocycles. The smallest absolute Gasteiger partial charge is 0.193 e. The van der Waals surface area contributed by atoms with Gasteiger partial charge < -0.3 is 19.7 Å². The van der Waals surface area contributed by atoms with Gasteiger partial charge >= 0.3 is 0 Å². The zero-order valence-electron chi connectivity index (χ0n) is 18.6. The molecule has 1 aromatic heterocycles. The van der Waals surface area contributed by atoms with Crippen LogP contribution in [0.25, 0.3) is 5.69 Å². The minimum atomic E-state index is -0.245. The molecule has 4 rings (SSSR count). The number of nitrogens with one attached hydrogen (secondary N) is 1. The molecule has 2 aliphatic rings. The van der Waals surface area contributed by atoms with Gasteiger partial charge in [-0.05, 0) is 56.0 Å². The Morgan fingerprint density at radius 3 is 2.69 bits per heavy atom. The highest BCUT2D eigenvalue weighted by Crippen LogP contribution is 2.18. The molecule has 9 heteroatoms. The summed E-state index contributed by atoms with van der Waals surface area (Å²) in [6.07, 6.45) is 7.59. The Kier molecular flexibility index (Phi) is 9.73. The molecule has 0 amide bonds. The van der Waals surface area contributed by atoms with Crippen molar-refractivity contribution < 1.29 is 13.9 Å². The van der Waals surface area contributed by atoms with Crippen LogP contribution in [-0.4, -0.2) is 72.7 Å². The number of benzene rings is 1. The number of hydrogen-bond donors (Lipinski definition) is 1. The van der Waals surface area contributed by atoms with Gasteiger partial charge in [-0.2, -0.15) is 5.10 Å². The number of hydrogen-bond acceptors (Lipinski definition) is 4. The lowest BCUT2D eigenvalue weighted by molar-refractivity contribution is -0.0367. The maximum atomic E-state index is 13.1. The van der Waals surface area contributed by atoms with Crippen LogP contribution in [0.4, 0.5) is 4.39 Å². The number of piperidine rings is 1. The van der Waals surface area contributed by atoms with E-state index in [9.17, 15) is 4.39 Å². The molecule has 0 radical (unpaired) electrons. The molecular weight excluding hydrogens is 524 g/mol. The average molecular weight is 557 g/mol. The zero-order valence-corrected chi connectivity index (χ0v) is 20.9. The summed E-state index contributed by atoms with van der Waals surface area (Å²) in [4.78, 5) is 6.74. The maximum absolute atomic E-state index is 13.1. The van der Waals surface area contributed by atoms with Crippen LogP contribution in [0, 0.1) is 5.82 Å². The van der Waals surface area contributed by atoms with E-state index in [1.165, 1.54) is 12.1 Å². The molecule has 1 N–H and O–H groups in total. The van der Waals surface area contributed by atoms with Crippen LogP contribution in [0.2, 0.25) is 0 Å². The van der Waals surface area contributed by atoms with Crippen LogP contribution >= 0.6 is 24.0 Å². The van der Waals surface area contributed by atoms with Crippen molar-refractivity contribution in [3.8, 4) is 5.69 Å². The topological polar surface area (TPSA) is 63.9 Å². The fourth-order valence-corrected chi connectivity index (χ4v) is 4.12. The molecule has 0 saturated carbocycles. The normalized spacial score (nSPS) is 19.8. The van der Waals surface area contributed by atoms with Gasteiger partial charge in [-0.3, -0.25) is 4.99 Å². The number of aromatic nitrogens is 2. The van der Waals surface area contributed by atoms with E-state index < -0.39 is 0 Å². The van der Waals surface area contributed by atoms with Gasteiger partial charge in [-0.15, -0.1) is 24.0 Å². The fourth-order valence-electron chi connectivity index (χ4n) is 4.12. The highest BCUT2D eigenvalue weighted by atomic mass is 127. The number of rotatable bonds is 7. The predicted octanol–water partition coefficient (Wildman–Crippen LogP) is 3.41. The number of aliphatic imine (C=N–C) groups is 1. The third kappa shape index (κ3) is 6.89. The second-order valence-corrected chi connectivity index (χ2v) is 8.11. The quantitative estimate of drug-likeness (QED) is 0.321. The second-order valence-electron chi connectivity index (χ2n) is 8.11. The molecule has 7 nitrogen and oxygen atoms in total. The van der Waals surface area contributed by atoms with Crippen LogP contribution in [0.5, 0.6) is 0 Å². The first kappa shape index (κ1) is 24.9. The highest BCUT2D eigenvalue weighted by Gasteiger charge is 2.24. The summed E-state index contributed by atoms with van der Waals surface area (Å²) in [6, 6.07) is 8.32. The molecule has 1 unspecified atom stereocenters. The summed E-state index contributed by atoms with van der Waals surface area (Å²) < 4.78 is 26.6. The van der Waals surface area contributed by atoms with Crippen molar-refractivity contribution in [2.75, 3.05) is 39.9 Å². The molecule has 176 valence electrons. The first-order chi connectivity index (χ1) is 15.2. The van der Waals surface area contributed by atoms with Gasteiger partial charge in [-0.1, -0.05) is 0 Å². The van der Waals surface area contributed by atoms with Crippen molar-refractivity contribution in [2.45, 2.75) is 44.3 Å². The molecule has 2 aromatic rings. The lowest BCUT2D eigenvalue weighted by Crippen LogP contribution is -2.47. The Balaban J connectivity index is 0.00000289. The molecule has 32 heavy (non-hydrogen) atoms. The SMILES string of the molecule is CN=C(NCCc1ccn(-c2ccc(F)cc2)n1)N1CCC(OCC2CCCO2)CC1.I. The Morgan fingerprint density at radius 2 is 2.00 bits per heavy atom. The largest absolute Gasteiger partial charge is 0.376 e. The van der Waals surface area contributed by atoms with E-state index in [4.69, 9.17) is 9.47 Å². The van der Waals surface area contributed by atoms with Crippen molar-refractivity contribution in [1.29, 1.82) is 0 Å². The van der Waals surface area contributed by atoms with E-state index in [-0.39, 0.29) is 29.8 Å². The molecule has 2 fully saturated rings. The van der Waals surface area contributed by atoms with Gasteiger partial charge in [0, 0.05) is 45.9 Å². The van der Waals surface area contributed by atoms with Gasteiger partial charge in [0.2, 0.25) is 0 Å². The van der Waals surface area contributed by atoms with Gasteiger partial charge in [-0.25, -0.2) is 9.07 Å². The lowest BCUT2D eigenvalue weighted by Gasteiger charge is -2.34. The molecule has 1 aromatic carbocycles. The van der Waals surface area contributed by atoms with Crippen LogP contribution < -0.4 is 5.32 Å². The van der Waals surface area contributed by atoms with E-state index in [1.807, 2.05) is 19.3 Å². The van der Waals surface area contributed by atoms with E-state index in [0.29, 0.717) is 12.2 Å². The van der Waals surface area contributed by atoms with Gasteiger partial charge in [0.05, 0.1) is 30.2 Å². The number of guanidine groups is 1. The fraction of sp³-hybridized carbons (Fsp3) is 0.565. The minimum Gasteiger partial charge on any atom is -0.376 e. The Hall–Kier alpha value is -1.72. The molecule has 0 spiro atoms. The van der Waals surface area contributed by atoms with Crippen LogP contribution in [0.15, 0.2) is 41.5 Å². The third-order valence-electron chi connectivity index (χ3n) is 5.89. The third-order valence-corrected chi connectivity index (χ3v) is 5.89. The summed E-state index contributed by atoms with van der Waals surface area (Å²) in [5.41, 5.74) is 1.83. The number of likely N-dealkylation sites (tertiary alicyclic amines) is 1. The van der Waals surface area contributed by atoms with Crippen molar-refractivity contribution in [3.05, 3.63) is 48.0 Å². The Labute approximate surface area is 206 Å². The molecule has 0 bridgehead atoms. The first-order valence-corrected chi connectivity index (χ1v) is 11.2. The first-order valence-electron chi connectivity index (χ1n) is 11.2. The summed E-state index contributed by atoms with van der Waals surface area (Å²) in [5.74, 6) is 0.681. The van der Waals surface area contributed by atoms with Crippen molar-refractivity contribution >= 4 is 29.9 Å². The maximum Gasteiger partial charge on any atom is 0.193 e. The average Bonchev–Trinajstić information content (AvgIpc) is 3.49. The summed E-state index contributed by atoms with van der Waals surface area (Å²) in [7, 11) is 1.83. The Bertz CT molecular complexity index is 846. The molecular formula is C23H33FIN5O2. The lowest BCUT2D eigenvalue weighted by atomic mass is 10.1. The highest BCUT2D eigenvalue weighted by molar-refractivity contribution is 14.0. The summed E-state index contributed by atoms with van der Waals surface area (Å²) >= 11 is 0. The van der Waals surface area contributed by atoms with Crippen LogP contribution in [0.1, 0.15) is 31.4 Å². The van der Waals surface area contributed by atoms with E-state index in [2.05, 4.69) is 20.3 Å². The standard InChI is InChI=1S/C23H32FN5O2.HI/c1-25-23(28-13-10-21(11-14-28)31-17-22-3-2-16-30-22)26-12-8-19-9-15-29(27-19)20-6-4-18(24)5-7-20;/h4-7,9,15,21-22H,2-3,8,10-14,16-17H2,1H3,(H,25,26);1H. The van der Waals surface area contributed by atoms with E-state index in [1.54, 1.807) is 16.8 Å². The van der Waals surface area contributed by atoms with Crippen molar-refractivity contribution in [3.63, 3.8) is 0 Å².